The van der Waals surface area contributed by atoms with Crippen molar-refractivity contribution in [3.63, 3.8) is 0 Å². The van der Waals surface area contributed by atoms with Gasteiger partial charge in [-0.15, -0.1) is 0 Å². The number of fused-ring (bicyclic) bond motifs is 1. The summed E-state index contributed by atoms with van der Waals surface area (Å²) in [6.07, 6.45) is 3.15. The Morgan fingerprint density at radius 1 is 0.897 bits per heavy atom. The van der Waals surface area contributed by atoms with Crippen molar-refractivity contribution in [3.05, 3.63) is 83.2 Å². The molecule has 0 aliphatic rings. The van der Waals surface area contributed by atoms with Crippen molar-refractivity contribution in [1.82, 2.24) is 9.55 Å². The van der Waals surface area contributed by atoms with Crippen LogP contribution in [0.1, 0.15) is 0 Å². The lowest BCUT2D eigenvalue weighted by Crippen LogP contribution is -2.15. The molecule has 4 aromatic rings. The van der Waals surface area contributed by atoms with Gasteiger partial charge in [-0.1, -0.05) is 6.07 Å². The minimum atomic E-state index is -0.594. The number of aromatic nitrogens is 2. The molecule has 2 aromatic heterocycles. The van der Waals surface area contributed by atoms with Crippen LogP contribution in [0.25, 0.3) is 16.6 Å². The monoisotopic (exact) mass is 392 g/mol. The summed E-state index contributed by atoms with van der Waals surface area (Å²) >= 11 is 0. The van der Waals surface area contributed by atoms with Gasteiger partial charge in [0, 0.05) is 36.0 Å². The Morgan fingerprint density at radius 3 is 2.41 bits per heavy atom. The van der Waals surface area contributed by atoms with Gasteiger partial charge >= 0.3 is 0 Å². The Morgan fingerprint density at radius 2 is 1.69 bits per heavy atom. The number of halogens is 1. The van der Waals surface area contributed by atoms with Gasteiger partial charge in [-0.25, -0.2) is 4.39 Å². The first-order chi connectivity index (χ1) is 14.1. The lowest BCUT2D eigenvalue weighted by Gasteiger charge is -2.13. The number of methoxy groups -OCH3 is 2. The molecule has 0 aliphatic heterocycles. The van der Waals surface area contributed by atoms with Crippen molar-refractivity contribution in [2.24, 2.45) is 0 Å². The van der Waals surface area contributed by atoms with Crippen LogP contribution in [0, 0.1) is 5.82 Å². The average molecular weight is 392 g/mol. The smallest absolute Gasteiger partial charge is 0.255 e. The molecule has 0 saturated carbocycles. The molecular formula is C22H17FN2O4. The van der Waals surface area contributed by atoms with Gasteiger partial charge in [-0.3, -0.25) is 14.3 Å². The van der Waals surface area contributed by atoms with E-state index in [2.05, 4.69) is 4.98 Å². The third-order valence-corrected chi connectivity index (χ3v) is 4.44. The van der Waals surface area contributed by atoms with E-state index < -0.39 is 5.82 Å². The Hall–Kier alpha value is -3.87. The number of pyridine rings is 2. The van der Waals surface area contributed by atoms with Crippen LogP contribution in [0.4, 0.5) is 4.39 Å². The van der Waals surface area contributed by atoms with Crippen LogP contribution < -0.4 is 19.8 Å². The van der Waals surface area contributed by atoms with E-state index in [1.807, 2.05) is 0 Å². The number of benzene rings is 2. The summed E-state index contributed by atoms with van der Waals surface area (Å²) in [4.78, 5) is 16.3. The molecule has 0 atom stereocenters. The summed E-state index contributed by atoms with van der Waals surface area (Å²) < 4.78 is 32.5. The number of hydrogen-bond acceptors (Lipinski definition) is 5. The van der Waals surface area contributed by atoms with Gasteiger partial charge in [0.2, 0.25) is 0 Å². The Bertz CT molecular complexity index is 1250. The van der Waals surface area contributed by atoms with E-state index in [4.69, 9.17) is 14.2 Å². The molecule has 0 N–H and O–H groups in total. The lowest BCUT2D eigenvalue weighted by molar-refractivity contribution is 0.355. The van der Waals surface area contributed by atoms with Crippen molar-refractivity contribution < 1.29 is 18.6 Å². The second-order valence-corrected chi connectivity index (χ2v) is 6.16. The first-order valence-electron chi connectivity index (χ1n) is 8.77. The predicted octanol–water partition coefficient (Wildman–Crippen LogP) is 4.33. The summed E-state index contributed by atoms with van der Waals surface area (Å²) in [7, 11) is 3.07. The normalized spacial score (nSPS) is 10.7. The van der Waals surface area contributed by atoms with E-state index in [1.54, 1.807) is 55.9 Å². The third-order valence-electron chi connectivity index (χ3n) is 4.44. The zero-order chi connectivity index (χ0) is 20.4. The summed E-state index contributed by atoms with van der Waals surface area (Å²) in [6.45, 7) is 0. The van der Waals surface area contributed by atoms with E-state index in [0.29, 0.717) is 33.8 Å². The molecule has 0 unspecified atom stereocenters. The van der Waals surface area contributed by atoms with Crippen molar-refractivity contribution in [2.75, 3.05) is 14.2 Å². The number of ether oxygens (including phenoxy) is 3. The molecule has 2 heterocycles. The van der Waals surface area contributed by atoms with Gasteiger partial charge in [-0.05, 0) is 30.3 Å². The summed E-state index contributed by atoms with van der Waals surface area (Å²) in [5.74, 6) is 0.897. The standard InChI is InChI=1S/C22H17FN2O4/c1-27-20-12-15-17(13-21(20)28-2)24-9-8-18(15)29-19-7-6-14(11-16(19)23)25-10-4-3-5-22(25)26/h3-13H,1-2H3. The molecule has 0 bridgehead atoms. The van der Waals surface area contributed by atoms with Crippen LogP contribution in [0.5, 0.6) is 23.0 Å². The van der Waals surface area contributed by atoms with E-state index >= 15 is 0 Å². The highest BCUT2D eigenvalue weighted by molar-refractivity contribution is 5.88. The minimum absolute atomic E-state index is 0.0278. The molecule has 0 amide bonds. The number of nitrogens with zero attached hydrogens (tertiary/aromatic N) is 2. The van der Waals surface area contributed by atoms with Crippen LogP contribution in [-0.4, -0.2) is 23.8 Å². The molecule has 7 heteroatoms. The van der Waals surface area contributed by atoms with Gasteiger partial charge in [0.05, 0.1) is 25.4 Å². The molecule has 0 saturated heterocycles. The zero-order valence-electron chi connectivity index (χ0n) is 15.8. The predicted molar refractivity (Wildman–Crippen MR) is 107 cm³/mol. The van der Waals surface area contributed by atoms with E-state index in [-0.39, 0.29) is 11.3 Å². The molecule has 0 spiro atoms. The van der Waals surface area contributed by atoms with Crippen molar-refractivity contribution in [3.8, 4) is 28.7 Å². The second kappa shape index (κ2) is 7.63. The van der Waals surface area contributed by atoms with Crippen molar-refractivity contribution >= 4 is 10.9 Å². The summed E-state index contributed by atoms with van der Waals surface area (Å²) in [5, 5.41) is 0.646. The summed E-state index contributed by atoms with van der Waals surface area (Å²) in [6, 6.07) is 14.2. The van der Waals surface area contributed by atoms with Crippen LogP contribution in [0.15, 0.2) is 71.8 Å². The van der Waals surface area contributed by atoms with Crippen molar-refractivity contribution in [1.29, 1.82) is 0 Å². The van der Waals surface area contributed by atoms with E-state index in [9.17, 15) is 9.18 Å². The zero-order valence-corrected chi connectivity index (χ0v) is 15.8. The Labute approximate surface area is 165 Å². The second-order valence-electron chi connectivity index (χ2n) is 6.16. The van der Waals surface area contributed by atoms with Gasteiger partial charge < -0.3 is 14.2 Å². The first kappa shape index (κ1) is 18.5. The van der Waals surface area contributed by atoms with Gasteiger partial charge in [-0.2, -0.15) is 0 Å². The van der Waals surface area contributed by atoms with Crippen LogP contribution in [-0.2, 0) is 0 Å². The maximum Gasteiger partial charge on any atom is 0.255 e. The first-order valence-corrected chi connectivity index (χ1v) is 8.77. The third kappa shape index (κ3) is 3.50. The number of rotatable bonds is 5. The highest BCUT2D eigenvalue weighted by Gasteiger charge is 2.13. The highest BCUT2D eigenvalue weighted by atomic mass is 19.1. The quantitative estimate of drug-likeness (QED) is 0.506. The Balaban J connectivity index is 1.73. The van der Waals surface area contributed by atoms with Gasteiger partial charge in [0.1, 0.15) is 5.75 Å². The minimum Gasteiger partial charge on any atom is -0.493 e. The maximum atomic E-state index is 14.7. The van der Waals surface area contributed by atoms with E-state index in [0.717, 1.165) is 0 Å². The molecule has 2 aromatic carbocycles. The highest BCUT2D eigenvalue weighted by Crippen LogP contribution is 2.37. The fourth-order valence-corrected chi connectivity index (χ4v) is 3.02. The Kier molecular flexibility index (Phi) is 4.87. The SMILES string of the molecule is COc1cc2nccc(Oc3ccc(-n4ccccc4=O)cc3F)c2cc1OC. The average Bonchev–Trinajstić information content (AvgIpc) is 2.74. The lowest BCUT2D eigenvalue weighted by atomic mass is 10.2. The molecule has 0 fully saturated rings. The largest absolute Gasteiger partial charge is 0.493 e. The molecule has 29 heavy (non-hydrogen) atoms. The molecule has 4 rings (SSSR count). The molecular weight excluding hydrogens is 375 g/mol. The van der Waals surface area contributed by atoms with Gasteiger partial charge in [0.15, 0.2) is 23.1 Å². The molecule has 0 aliphatic carbocycles. The van der Waals surface area contributed by atoms with Crippen molar-refractivity contribution in [2.45, 2.75) is 0 Å². The fourth-order valence-electron chi connectivity index (χ4n) is 3.02. The molecule has 146 valence electrons. The van der Waals surface area contributed by atoms with Gasteiger partial charge in [0.25, 0.3) is 5.56 Å². The van der Waals surface area contributed by atoms with Crippen LogP contribution in [0.3, 0.4) is 0 Å². The number of hydrogen-bond donors (Lipinski definition) is 0. The maximum absolute atomic E-state index is 14.7. The summed E-state index contributed by atoms with van der Waals surface area (Å²) in [5.41, 5.74) is 0.779. The molecule has 0 radical (unpaired) electrons. The fraction of sp³-hybridized carbons (Fsp3) is 0.0909. The molecule has 6 nitrogen and oxygen atoms in total. The van der Waals surface area contributed by atoms with Crippen LogP contribution >= 0.6 is 0 Å². The topological polar surface area (TPSA) is 62.6 Å². The van der Waals surface area contributed by atoms with E-state index in [1.165, 1.54) is 29.9 Å². The van der Waals surface area contributed by atoms with Crippen LogP contribution in [0.2, 0.25) is 0 Å².